The van der Waals surface area contributed by atoms with Gasteiger partial charge in [0, 0.05) is 23.4 Å². The van der Waals surface area contributed by atoms with Crippen molar-refractivity contribution in [3.63, 3.8) is 0 Å². The maximum Gasteiger partial charge on any atom is 0.116 e. The summed E-state index contributed by atoms with van der Waals surface area (Å²) >= 11 is 1.70. The number of aromatic nitrogens is 2. The Bertz CT molecular complexity index is 508. The van der Waals surface area contributed by atoms with Gasteiger partial charge in [-0.25, -0.2) is 0 Å². The van der Waals surface area contributed by atoms with E-state index in [9.17, 15) is 5.11 Å². The van der Waals surface area contributed by atoms with Gasteiger partial charge in [-0.1, -0.05) is 13.0 Å². The van der Waals surface area contributed by atoms with Gasteiger partial charge in [0.1, 0.15) is 5.75 Å². The molecule has 0 aliphatic heterocycles. The first-order valence-corrected chi connectivity index (χ1v) is 6.61. The van der Waals surface area contributed by atoms with Crippen LogP contribution in [0.2, 0.25) is 0 Å². The Balaban J connectivity index is 2.04. The highest BCUT2D eigenvalue weighted by Gasteiger charge is 2.04. The highest BCUT2D eigenvalue weighted by molar-refractivity contribution is 7.98. The van der Waals surface area contributed by atoms with Crippen LogP contribution in [-0.4, -0.2) is 14.9 Å². The van der Waals surface area contributed by atoms with Crippen molar-refractivity contribution in [3.8, 4) is 5.75 Å². The molecule has 0 aliphatic rings. The van der Waals surface area contributed by atoms with Crippen LogP contribution >= 0.6 is 11.8 Å². The van der Waals surface area contributed by atoms with E-state index < -0.39 is 0 Å². The van der Waals surface area contributed by atoms with Crippen molar-refractivity contribution >= 4 is 11.8 Å². The molecule has 0 spiro atoms. The number of aromatic hydroxyl groups is 1. The van der Waals surface area contributed by atoms with Crippen LogP contribution in [0, 0.1) is 0 Å². The number of phenolic OH excluding ortho intramolecular Hbond substituents is 1. The molecule has 0 fully saturated rings. The summed E-state index contributed by atoms with van der Waals surface area (Å²) in [5.74, 6) is 1.18. The summed E-state index contributed by atoms with van der Waals surface area (Å²) in [5, 5.41) is 13.8. The molecule has 0 radical (unpaired) electrons. The van der Waals surface area contributed by atoms with E-state index in [-0.39, 0.29) is 0 Å². The minimum Gasteiger partial charge on any atom is -0.508 e. The lowest BCUT2D eigenvalue weighted by molar-refractivity contribution is 0.474. The van der Waals surface area contributed by atoms with Gasteiger partial charge in [0.2, 0.25) is 0 Å². The molecule has 0 unspecified atom stereocenters. The number of rotatable bonds is 4. The van der Waals surface area contributed by atoms with Gasteiger partial charge in [0.15, 0.2) is 0 Å². The zero-order chi connectivity index (χ0) is 12.3. The molecule has 1 N–H and O–H groups in total. The Labute approximate surface area is 105 Å². The first-order chi connectivity index (χ1) is 8.19. The van der Waals surface area contributed by atoms with Crippen LogP contribution in [0.25, 0.3) is 0 Å². The summed E-state index contributed by atoms with van der Waals surface area (Å²) in [6, 6.07) is 9.46. The molecular weight excluding hydrogens is 232 g/mol. The molecule has 0 amide bonds. The summed E-state index contributed by atoms with van der Waals surface area (Å²) in [6.45, 7) is 2.11. The number of thioether (sulfide) groups is 1. The van der Waals surface area contributed by atoms with Gasteiger partial charge in [-0.15, -0.1) is 11.8 Å². The average Bonchev–Trinajstić information content (AvgIpc) is 2.68. The molecule has 1 heterocycles. The highest BCUT2D eigenvalue weighted by Crippen LogP contribution is 2.25. The van der Waals surface area contributed by atoms with Gasteiger partial charge in [0.05, 0.1) is 5.69 Å². The van der Waals surface area contributed by atoms with Gasteiger partial charge in [-0.2, -0.15) is 5.10 Å². The van der Waals surface area contributed by atoms with Crippen LogP contribution in [0.5, 0.6) is 5.75 Å². The fourth-order valence-corrected chi connectivity index (χ4v) is 2.57. The van der Waals surface area contributed by atoms with Crippen LogP contribution in [0.15, 0.2) is 35.2 Å². The molecule has 1 aromatic heterocycles. The standard InChI is InChI=1S/C13H16N2OS/c1-3-10-7-11(15(2)14-10)9-17-13-6-4-5-12(16)8-13/h4-8,16H,3,9H2,1-2H3. The van der Waals surface area contributed by atoms with E-state index in [0.717, 1.165) is 22.8 Å². The summed E-state index contributed by atoms with van der Waals surface area (Å²) in [6.07, 6.45) is 0.963. The molecule has 0 bridgehead atoms. The van der Waals surface area contributed by atoms with Crippen LogP contribution < -0.4 is 0 Å². The summed E-state index contributed by atoms with van der Waals surface area (Å²) < 4.78 is 1.93. The van der Waals surface area contributed by atoms with Crippen molar-refractivity contribution in [3.05, 3.63) is 41.7 Å². The fourth-order valence-electron chi connectivity index (χ4n) is 1.61. The quantitative estimate of drug-likeness (QED) is 0.845. The second-order valence-electron chi connectivity index (χ2n) is 3.89. The monoisotopic (exact) mass is 248 g/mol. The van der Waals surface area contributed by atoms with E-state index in [1.54, 1.807) is 23.9 Å². The first-order valence-electron chi connectivity index (χ1n) is 5.62. The third kappa shape index (κ3) is 3.03. The van der Waals surface area contributed by atoms with Crippen molar-refractivity contribution in [2.45, 2.75) is 24.0 Å². The number of hydrogen-bond acceptors (Lipinski definition) is 3. The van der Waals surface area contributed by atoms with Crippen LogP contribution in [0.1, 0.15) is 18.3 Å². The largest absolute Gasteiger partial charge is 0.508 e. The topological polar surface area (TPSA) is 38.0 Å². The lowest BCUT2D eigenvalue weighted by atomic mass is 10.3. The second-order valence-corrected chi connectivity index (χ2v) is 4.94. The lowest BCUT2D eigenvalue weighted by Crippen LogP contribution is -1.96. The average molecular weight is 248 g/mol. The van der Waals surface area contributed by atoms with Gasteiger partial charge >= 0.3 is 0 Å². The normalized spacial score (nSPS) is 10.7. The van der Waals surface area contributed by atoms with Gasteiger partial charge in [0.25, 0.3) is 0 Å². The number of aryl methyl sites for hydroxylation is 2. The summed E-state index contributed by atoms with van der Waals surface area (Å²) in [5.41, 5.74) is 2.33. The maximum atomic E-state index is 9.38. The molecule has 0 saturated carbocycles. The zero-order valence-corrected chi connectivity index (χ0v) is 10.9. The van der Waals surface area contributed by atoms with E-state index in [2.05, 4.69) is 18.1 Å². The molecule has 3 nitrogen and oxygen atoms in total. The predicted molar refractivity (Wildman–Crippen MR) is 70.3 cm³/mol. The Morgan fingerprint density at radius 2 is 2.18 bits per heavy atom. The molecule has 0 atom stereocenters. The van der Waals surface area contributed by atoms with Crippen LogP contribution in [0.4, 0.5) is 0 Å². The smallest absolute Gasteiger partial charge is 0.116 e. The van der Waals surface area contributed by atoms with E-state index in [0.29, 0.717) is 5.75 Å². The Morgan fingerprint density at radius 3 is 2.82 bits per heavy atom. The Hall–Kier alpha value is -1.42. The molecule has 0 aliphatic carbocycles. The molecule has 1 aromatic carbocycles. The third-order valence-corrected chi connectivity index (χ3v) is 3.62. The minimum absolute atomic E-state index is 0.314. The molecule has 90 valence electrons. The number of hydrogen-bond donors (Lipinski definition) is 1. The zero-order valence-electron chi connectivity index (χ0n) is 10.1. The van der Waals surface area contributed by atoms with Crippen LogP contribution in [0.3, 0.4) is 0 Å². The van der Waals surface area contributed by atoms with Crippen molar-refractivity contribution in [1.82, 2.24) is 9.78 Å². The SMILES string of the molecule is CCc1cc(CSc2cccc(O)c2)n(C)n1. The van der Waals surface area contributed by atoms with E-state index in [4.69, 9.17) is 0 Å². The summed E-state index contributed by atoms with van der Waals surface area (Å²) in [7, 11) is 1.97. The minimum atomic E-state index is 0.314. The van der Waals surface area contributed by atoms with Crippen LogP contribution in [-0.2, 0) is 19.2 Å². The van der Waals surface area contributed by atoms with E-state index in [1.807, 2.05) is 23.9 Å². The third-order valence-electron chi connectivity index (χ3n) is 2.59. The number of nitrogens with zero attached hydrogens (tertiary/aromatic N) is 2. The van der Waals surface area contributed by atoms with Crippen molar-refractivity contribution in [1.29, 1.82) is 0 Å². The van der Waals surface area contributed by atoms with E-state index >= 15 is 0 Å². The molecular formula is C13H16N2OS. The first kappa shape index (κ1) is 12.0. The number of phenols is 1. The Morgan fingerprint density at radius 1 is 1.35 bits per heavy atom. The molecule has 2 aromatic rings. The fraction of sp³-hybridized carbons (Fsp3) is 0.308. The predicted octanol–water partition coefficient (Wildman–Crippen LogP) is 2.98. The molecule has 2 rings (SSSR count). The van der Waals surface area contributed by atoms with Gasteiger partial charge in [-0.05, 0) is 30.7 Å². The van der Waals surface area contributed by atoms with Crippen molar-refractivity contribution in [2.24, 2.45) is 7.05 Å². The Kier molecular flexibility index (Phi) is 3.74. The van der Waals surface area contributed by atoms with E-state index in [1.165, 1.54) is 5.69 Å². The highest BCUT2D eigenvalue weighted by atomic mass is 32.2. The van der Waals surface area contributed by atoms with Crippen molar-refractivity contribution in [2.75, 3.05) is 0 Å². The number of benzene rings is 1. The molecule has 4 heteroatoms. The molecule has 17 heavy (non-hydrogen) atoms. The lowest BCUT2D eigenvalue weighted by Gasteiger charge is -2.02. The molecule has 0 saturated heterocycles. The van der Waals surface area contributed by atoms with Gasteiger partial charge < -0.3 is 5.11 Å². The second kappa shape index (κ2) is 5.27. The van der Waals surface area contributed by atoms with Gasteiger partial charge in [-0.3, -0.25) is 4.68 Å². The maximum absolute atomic E-state index is 9.38. The summed E-state index contributed by atoms with van der Waals surface area (Å²) in [4.78, 5) is 1.07. The van der Waals surface area contributed by atoms with Crippen molar-refractivity contribution < 1.29 is 5.11 Å².